The highest BCUT2D eigenvalue weighted by atomic mass is 16.5. The van der Waals surface area contributed by atoms with E-state index in [9.17, 15) is 9.59 Å². The Morgan fingerprint density at radius 2 is 1.74 bits per heavy atom. The van der Waals surface area contributed by atoms with Crippen molar-refractivity contribution in [3.05, 3.63) is 83.4 Å². The number of hydrogen-bond donors (Lipinski definition) is 2. The first-order chi connectivity index (χ1) is 13.2. The molecular formula is C22H18N2O3. The Bertz CT molecular complexity index is 1030. The fourth-order valence-corrected chi connectivity index (χ4v) is 3.36. The standard InChI is InChI=1S/C22H18N2O3/c1-27-19-10-6-5-9-16(19)21(25)24-18-12-11-15(14-7-3-2-4-8-14)17-13-23-22(26)20(17)18/h2-12H,13H2,1H3,(H,23,26)(H,24,25). The molecule has 1 aliphatic rings. The number of rotatable bonds is 4. The molecule has 0 aliphatic carbocycles. The van der Waals surface area contributed by atoms with E-state index in [2.05, 4.69) is 10.6 Å². The van der Waals surface area contributed by atoms with Crippen molar-refractivity contribution >= 4 is 17.5 Å². The van der Waals surface area contributed by atoms with Gasteiger partial charge >= 0.3 is 0 Å². The van der Waals surface area contributed by atoms with Crippen LogP contribution in [0.5, 0.6) is 5.75 Å². The molecule has 2 N–H and O–H groups in total. The second-order valence-corrected chi connectivity index (χ2v) is 6.22. The van der Waals surface area contributed by atoms with Crippen molar-refractivity contribution < 1.29 is 14.3 Å². The van der Waals surface area contributed by atoms with Crippen LogP contribution in [0.3, 0.4) is 0 Å². The molecule has 0 saturated heterocycles. The molecule has 1 heterocycles. The molecule has 134 valence electrons. The summed E-state index contributed by atoms with van der Waals surface area (Å²) in [5.74, 6) is -0.0167. The predicted molar refractivity (Wildman–Crippen MR) is 104 cm³/mol. The van der Waals surface area contributed by atoms with Crippen LogP contribution in [0.1, 0.15) is 26.3 Å². The molecule has 0 unspecified atom stereocenters. The molecule has 0 saturated carbocycles. The zero-order valence-electron chi connectivity index (χ0n) is 14.8. The van der Waals surface area contributed by atoms with Crippen molar-refractivity contribution in [2.45, 2.75) is 6.54 Å². The summed E-state index contributed by atoms with van der Waals surface area (Å²) in [6, 6.07) is 20.6. The number of anilines is 1. The lowest BCUT2D eigenvalue weighted by Gasteiger charge is -2.14. The summed E-state index contributed by atoms with van der Waals surface area (Å²) in [4.78, 5) is 25.2. The van der Waals surface area contributed by atoms with Gasteiger partial charge in [-0.05, 0) is 34.9 Å². The summed E-state index contributed by atoms with van der Waals surface area (Å²) in [6.45, 7) is 0.441. The molecule has 1 aliphatic heterocycles. The van der Waals surface area contributed by atoms with Crippen LogP contribution in [0.15, 0.2) is 66.7 Å². The minimum Gasteiger partial charge on any atom is -0.496 e. The summed E-state index contributed by atoms with van der Waals surface area (Å²) < 4.78 is 5.25. The largest absolute Gasteiger partial charge is 0.496 e. The third-order valence-electron chi connectivity index (χ3n) is 4.65. The van der Waals surface area contributed by atoms with Crippen molar-refractivity contribution in [3.63, 3.8) is 0 Å². The number of nitrogens with one attached hydrogen (secondary N) is 2. The molecule has 4 rings (SSSR count). The molecule has 2 amide bonds. The summed E-state index contributed by atoms with van der Waals surface area (Å²) in [6.07, 6.45) is 0. The molecule has 0 aromatic heterocycles. The van der Waals surface area contributed by atoms with Crippen LogP contribution < -0.4 is 15.4 Å². The van der Waals surface area contributed by atoms with Crippen LogP contribution in [0.2, 0.25) is 0 Å². The maximum atomic E-state index is 12.7. The number of amides is 2. The van der Waals surface area contributed by atoms with E-state index in [1.54, 1.807) is 30.3 Å². The SMILES string of the molecule is COc1ccccc1C(=O)Nc1ccc(-c2ccccc2)c2c1C(=O)NC2. The van der Waals surface area contributed by atoms with Crippen LogP contribution >= 0.6 is 0 Å². The van der Waals surface area contributed by atoms with E-state index in [4.69, 9.17) is 4.74 Å². The van der Waals surface area contributed by atoms with Gasteiger partial charge < -0.3 is 15.4 Å². The highest BCUT2D eigenvalue weighted by molar-refractivity contribution is 6.12. The quantitative estimate of drug-likeness (QED) is 0.744. The number of carbonyl (C=O) groups excluding carboxylic acids is 2. The monoisotopic (exact) mass is 358 g/mol. The molecule has 5 nitrogen and oxygen atoms in total. The van der Waals surface area contributed by atoms with Gasteiger partial charge in [0.1, 0.15) is 5.75 Å². The first-order valence-corrected chi connectivity index (χ1v) is 8.63. The molecule has 0 atom stereocenters. The van der Waals surface area contributed by atoms with Gasteiger partial charge in [0.05, 0.1) is 23.9 Å². The number of methoxy groups -OCH3 is 1. The summed E-state index contributed by atoms with van der Waals surface area (Å²) >= 11 is 0. The average Bonchev–Trinajstić information content (AvgIpc) is 3.11. The van der Waals surface area contributed by atoms with Crippen LogP contribution in [-0.2, 0) is 6.54 Å². The first kappa shape index (κ1) is 16.8. The van der Waals surface area contributed by atoms with Crippen molar-refractivity contribution in [3.8, 4) is 16.9 Å². The Balaban J connectivity index is 1.74. The number of hydrogen-bond acceptors (Lipinski definition) is 3. The van der Waals surface area contributed by atoms with Crippen LogP contribution in [-0.4, -0.2) is 18.9 Å². The van der Waals surface area contributed by atoms with Crippen LogP contribution in [0, 0.1) is 0 Å². The van der Waals surface area contributed by atoms with Gasteiger partial charge in [0.2, 0.25) is 0 Å². The van der Waals surface area contributed by atoms with Gasteiger partial charge in [-0.15, -0.1) is 0 Å². The molecule has 3 aromatic rings. The van der Waals surface area contributed by atoms with Crippen LogP contribution in [0.4, 0.5) is 5.69 Å². The topological polar surface area (TPSA) is 67.4 Å². The fourth-order valence-electron chi connectivity index (χ4n) is 3.36. The minimum absolute atomic E-state index is 0.182. The third-order valence-corrected chi connectivity index (χ3v) is 4.65. The molecule has 0 bridgehead atoms. The van der Waals surface area contributed by atoms with E-state index in [0.29, 0.717) is 29.1 Å². The third kappa shape index (κ3) is 3.04. The van der Waals surface area contributed by atoms with Gasteiger partial charge in [-0.2, -0.15) is 0 Å². The van der Waals surface area contributed by atoms with Crippen molar-refractivity contribution in [2.24, 2.45) is 0 Å². The number of benzene rings is 3. The fraction of sp³-hybridized carbons (Fsp3) is 0.0909. The smallest absolute Gasteiger partial charge is 0.259 e. The second-order valence-electron chi connectivity index (χ2n) is 6.22. The Kier molecular flexibility index (Phi) is 4.34. The van der Waals surface area contributed by atoms with Gasteiger partial charge in [-0.3, -0.25) is 9.59 Å². The van der Waals surface area contributed by atoms with Crippen LogP contribution in [0.25, 0.3) is 11.1 Å². The molecule has 0 radical (unpaired) electrons. The normalized spacial score (nSPS) is 12.3. The van der Waals surface area contributed by atoms with Crippen molar-refractivity contribution in [1.29, 1.82) is 0 Å². The summed E-state index contributed by atoms with van der Waals surface area (Å²) in [5, 5.41) is 5.72. The molecule has 5 heteroatoms. The molecule has 0 spiro atoms. The highest BCUT2D eigenvalue weighted by Crippen LogP contribution is 2.34. The number of carbonyl (C=O) groups is 2. The maximum absolute atomic E-state index is 12.7. The molecule has 0 fully saturated rings. The lowest BCUT2D eigenvalue weighted by Crippen LogP contribution is -2.17. The second kappa shape index (κ2) is 6.96. The Hall–Kier alpha value is -3.60. The molecule has 27 heavy (non-hydrogen) atoms. The highest BCUT2D eigenvalue weighted by Gasteiger charge is 2.27. The van der Waals surface area contributed by atoms with E-state index in [1.165, 1.54) is 7.11 Å². The zero-order chi connectivity index (χ0) is 18.8. The molecular weight excluding hydrogens is 340 g/mol. The predicted octanol–water partition coefficient (Wildman–Crippen LogP) is 3.86. The maximum Gasteiger partial charge on any atom is 0.259 e. The van der Waals surface area contributed by atoms with Gasteiger partial charge in [0.15, 0.2) is 0 Å². The molecule has 3 aromatic carbocycles. The average molecular weight is 358 g/mol. The lowest BCUT2D eigenvalue weighted by atomic mass is 9.95. The summed E-state index contributed by atoms with van der Waals surface area (Å²) in [7, 11) is 1.52. The van der Waals surface area contributed by atoms with E-state index >= 15 is 0 Å². The van der Waals surface area contributed by atoms with E-state index in [0.717, 1.165) is 16.7 Å². The van der Waals surface area contributed by atoms with E-state index in [1.807, 2.05) is 36.4 Å². The lowest BCUT2D eigenvalue weighted by molar-refractivity contribution is 0.0966. The van der Waals surface area contributed by atoms with Gasteiger partial charge in [-0.1, -0.05) is 48.5 Å². The number of ether oxygens (including phenoxy) is 1. The van der Waals surface area contributed by atoms with Crippen molar-refractivity contribution in [1.82, 2.24) is 5.32 Å². The van der Waals surface area contributed by atoms with E-state index < -0.39 is 0 Å². The first-order valence-electron chi connectivity index (χ1n) is 8.63. The van der Waals surface area contributed by atoms with E-state index in [-0.39, 0.29) is 11.8 Å². The number of fused-ring (bicyclic) bond motifs is 1. The Morgan fingerprint density at radius 1 is 1.00 bits per heavy atom. The van der Waals surface area contributed by atoms with Crippen molar-refractivity contribution in [2.75, 3.05) is 12.4 Å². The van der Waals surface area contributed by atoms with Gasteiger partial charge in [0.25, 0.3) is 11.8 Å². The summed E-state index contributed by atoms with van der Waals surface area (Å²) in [5.41, 5.74) is 4.34. The minimum atomic E-state index is -0.318. The van der Waals surface area contributed by atoms with Gasteiger partial charge in [-0.25, -0.2) is 0 Å². The zero-order valence-corrected chi connectivity index (χ0v) is 14.8. The number of para-hydroxylation sites is 1. The van der Waals surface area contributed by atoms with Gasteiger partial charge in [0, 0.05) is 6.54 Å². The Labute approximate surface area is 157 Å². The Morgan fingerprint density at radius 3 is 2.52 bits per heavy atom.